The lowest BCUT2D eigenvalue weighted by Crippen LogP contribution is -2.31. The fourth-order valence-electron chi connectivity index (χ4n) is 4.55. The molecule has 2 aliphatic rings. The van der Waals surface area contributed by atoms with Crippen molar-refractivity contribution in [1.29, 1.82) is 0 Å². The number of ether oxygens (including phenoxy) is 1. The number of hydrogen-bond donors (Lipinski definition) is 1. The molecule has 2 fully saturated rings. The molecule has 2 aromatic carbocycles. The summed E-state index contributed by atoms with van der Waals surface area (Å²) < 4.78 is 5.13. The number of aryl methyl sites for hydroxylation is 1. The number of carbonyl (C=O) groups excluding carboxylic acids is 4. The van der Waals surface area contributed by atoms with E-state index in [-0.39, 0.29) is 29.2 Å². The Balaban J connectivity index is 1.41. The fourth-order valence-corrected chi connectivity index (χ4v) is 4.55. The summed E-state index contributed by atoms with van der Waals surface area (Å²) >= 11 is 0. The summed E-state index contributed by atoms with van der Waals surface area (Å²) in [7, 11) is 0. The summed E-state index contributed by atoms with van der Waals surface area (Å²) in [5.41, 5.74) is 2.15. The van der Waals surface area contributed by atoms with Crippen molar-refractivity contribution >= 4 is 35.1 Å². The van der Waals surface area contributed by atoms with Crippen molar-refractivity contribution in [3.8, 4) is 0 Å². The highest BCUT2D eigenvalue weighted by Crippen LogP contribution is 2.42. The van der Waals surface area contributed by atoms with Crippen LogP contribution in [0.5, 0.6) is 0 Å². The molecule has 0 radical (unpaired) electrons. The van der Waals surface area contributed by atoms with Crippen molar-refractivity contribution in [2.75, 3.05) is 16.8 Å². The van der Waals surface area contributed by atoms with E-state index in [2.05, 4.69) is 12.2 Å². The van der Waals surface area contributed by atoms with Crippen LogP contribution in [0.4, 0.5) is 11.4 Å². The highest BCUT2D eigenvalue weighted by molar-refractivity contribution is 6.22. The zero-order chi connectivity index (χ0) is 22.8. The van der Waals surface area contributed by atoms with E-state index < -0.39 is 18.5 Å². The molecule has 7 nitrogen and oxygen atoms in total. The van der Waals surface area contributed by atoms with Gasteiger partial charge in [0.2, 0.25) is 11.8 Å². The molecular weight excluding hydrogens is 408 g/mol. The minimum absolute atomic E-state index is 0.176. The molecule has 32 heavy (non-hydrogen) atoms. The second-order valence-corrected chi connectivity index (χ2v) is 8.69. The van der Waals surface area contributed by atoms with Gasteiger partial charge in [-0.1, -0.05) is 25.1 Å². The second-order valence-electron chi connectivity index (χ2n) is 8.69. The van der Waals surface area contributed by atoms with Crippen molar-refractivity contribution in [3.63, 3.8) is 0 Å². The van der Waals surface area contributed by atoms with Crippen molar-refractivity contribution < 1.29 is 23.9 Å². The van der Waals surface area contributed by atoms with E-state index >= 15 is 0 Å². The van der Waals surface area contributed by atoms with Crippen LogP contribution in [0, 0.1) is 24.7 Å². The molecule has 1 aliphatic heterocycles. The summed E-state index contributed by atoms with van der Waals surface area (Å²) in [5, 5.41) is 2.68. The van der Waals surface area contributed by atoms with Gasteiger partial charge in [0.25, 0.3) is 5.91 Å². The lowest BCUT2D eigenvalue weighted by Gasteiger charge is -2.25. The highest BCUT2D eigenvalue weighted by atomic mass is 16.5. The molecular formula is C25H26N2O5. The van der Waals surface area contributed by atoms with Crippen LogP contribution in [0.2, 0.25) is 0 Å². The van der Waals surface area contributed by atoms with Crippen molar-refractivity contribution in [3.05, 3.63) is 59.7 Å². The molecule has 0 aromatic heterocycles. The van der Waals surface area contributed by atoms with Gasteiger partial charge in [0.05, 0.1) is 23.1 Å². The molecule has 1 saturated carbocycles. The van der Waals surface area contributed by atoms with E-state index in [0.717, 1.165) is 12.0 Å². The summed E-state index contributed by atoms with van der Waals surface area (Å²) in [4.78, 5) is 51.6. The molecule has 7 heteroatoms. The second kappa shape index (κ2) is 8.94. The number of benzene rings is 2. The first-order chi connectivity index (χ1) is 15.3. The third kappa shape index (κ3) is 4.42. The first-order valence-corrected chi connectivity index (χ1v) is 10.8. The molecule has 0 bridgehead atoms. The Morgan fingerprint density at radius 2 is 1.78 bits per heavy atom. The van der Waals surface area contributed by atoms with E-state index in [1.165, 1.54) is 17.0 Å². The number of amides is 3. The average molecular weight is 434 g/mol. The summed E-state index contributed by atoms with van der Waals surface area (Å²) in [6.45, 7) is 3.57. The summed E-state index contributed by atoms with van der Waals surface area (Å²) in [6.07, 6.45) is 2.36. The maximum absolute atomic E-state index is 12.9. The molecule has 166 valence electrons. The van der Waals surface area contributed by atoms with Gasteiger partial charge in [0.15, 0.2) is 6.61 Å². The average Bonchev–Trinajstić information content (AvgIpc) is 3.01. The van der Waals surface area contributed by atoms with Gasteiger partial charge in [-0.3, -0.25) is 19.3 Å². The summed E-state index contributed by atoms with van der Waals surface area (Å²) in [6, 6.07) is 13.5. The molecule has 0 spiro atoms. The summed E-state index contributed by atoms with van der Waals surface area (Å²) in [5.74, 6) is -1.70. The van der Waals surface area contributed by atoms with Crippen LogP contribution >= 0.6 is 0 Å². The number of nitrogens with zero attached hydrogens (tertiary/aromatic N) is 1. The van der Waals surface area contributed by atoms with E-state index in [1.54, 1.807) is 18.2 Å². The zero-order valence-electron chi connectivity index (χ0n) is 18.2. The molecule has 1 N–H and O–H groups in total. The Bertz CT molecular complexity index is 1080. The van der Waals surface area contributed by atoms with Gasteiger partial charge in [-0.15, -0.1) is 0 Å². The molecule has 4 rings (SSSR count). The SMILES string of the molecule is Cc1cccc(NC(=O)COC(=O)c2cccc(N3C(=O)[C@@H]4CC[C@@H](C)C[C@H]4C3=O)c2)c1. The Hall–Kier alpha value is -3.48. The maximum Gasteiger partial charge on any atom is 0.338 e. The van der Waals surface area contributed by atoms with Gasteiger partial charge >= 0.3 is 5.97 Å². The number of fused-ring (bicyclic) bond motifs is 1. The minimum atomic E-state index is -0.698. The van der Waals surface area contributed by atoms with Crippen molar-refractivity contribution in [1.82, 2.24) is 0 Å². The Labute approximate surface area is 186 Å². The smallest absolute Gasteiger partial charge is 0.338 e. The first-order valence-electron chi connectivity index (χ1n) is 10.8. The molecule has 2 aromatic rings. The van der Waals surface area contributed by atoms with Gasteiger partial charge in [-0.05, 0) is 68.0 Å². The van der Waals surface area contributed by atoms with Gasteiger partial charge in [0.1, 0.15) is 0 Å². The van der Waals surface area contributed by atoms with E-state index in [9.17, 15) is 19.2 Å². The van der Waals surface area contributed by atoms with Crippen LogP contribution in [-0.4, -0.2) is 30.3 Å². The third-order valence-corrected chi connectivity index (χ3v) is 6.16. The number of hydrogen-bond acceptors (Lipinski definition) is 5. The topological polar surface area (TPSA) is 92.8 Å². The monoisotopic (exact) mass is 434 g/mol. The molecule has 1 saturated heterocycles. The predicted molar refractivity (Wildman–Crippen MR) is 119 cm³/mol. The van der Waals surface area contributed by atoms with E-state index in [0.29, 0.717) is 30.1 Å². The Morgan fingerprint density at radius 1 is 1.03 bits per heavy atom. The van der Waals surface area contributed by atoms with Crippen LogP contribution < -0.4 is 10.2 Å². The van der Waals surface area contributed by atoms with Crippen LogP contribution in [0.25, 0.3) is 0 Å². The van der Waals surface area contributed by atoms with Gasteiger partial charge in [0, 0.05) is 5.69 Å². The number of anilines is 2. The predicted octanol–water partition coefficient (Wildman–Crippen LogP) is 3.72. The number of nitrogens with one attached hydrogen (secondary N) is 1. The van der Waals surface area contributed by atoms with Crippen LogP contribution in [-0.2, 0) is 19.1 Å². The van der Waals surface area contributed by atoms with Gasteiger partial charge in [-0.2, -0.15) is 0 Å². The minimum Gasteiger partial charge on any atom is -0.452 e. The molecule has 3 amide bonds. The number of rotatable bonds is 5. The largest absolute Gasteiger partial charge is 0.452 e. The Morgan fingerprint density at radius 3 is 2.56 bits per heavy atom. The fraction of sp³-hybridized carbons (Fsp3) is 0.360. The van der Waals surface area contributed by atoms with Crippen molar-refractivity contribution in [2.45, 2.75) is 33.1 Å². The standard InChI is InChI=1S/C25H26N2O5/c1-15-5-3-7-18(11-15)26-22(28)14-32-25(31)17-6-4-8-19(13-17)27-23(29)20-10-9-16(2)12-21(20)24(27)30/h3-8,11,13,16,20-21H,9-10,12,14H2,1-2H3,(H,26,28)/t16-,20-,21-/m1/s1. The van der Waals surface area contributed by atoms with Crippen LogP contribution in [0.3, 0.4) is 0 Å². The zero-order valence-corrected chi connectivity index (χ0v) is 18.2. The molecule has 1 aliphatic carbocycles. The Kier molecular flexibility index (Phi) is 6.08. The number of imide groups is 1. The number of esters is 1. The van der Waals surface area contributed by atoms with E-state index in [1.807, 2.05) is 25.1 Å². The maximum atomic E-state index is 12.9. The molecule has 0 unspecified atom stereocenters. The van der Waals surface area contributed by atoms with Crippen molar-refractivity contribution in [2.24, 2.45) is 17.8 Å². The lowest BCUT2D eigenvalue weighted by atomic mass is 9.76. The normalized spacial score (nSPS) is 22.4. The molecule has 1 heterocycles. The first kappa shape index (κ1) is 21.7. The lowest BCUT2D eigenvalue weighted by molar-refractivity contribution is -0.122. The van der Waals surface area contributed by atoms with E-state index in [4.69, 9.17) is 4.74 Å². The van der Waals surface area contributed by atoms with Crippen LogP contribution in [0.15, 0.2) is 48.5 Å². The molecule has 3 atom stereocenters. The van der Waals surface area contributed by atoms with Gasteiger partial charge < -0.3 is 10.1 Å². The quantitative estimate of drug-likeness (QED) is 0.572. The number of carbonyl (C=O) groups is 4. The van der Waals surface area contributed by atoms with Gasteiger partial charge in [-0.25, -0.2) is 4.79 Å². The highest BCUT2D eigenvalue weighted by Gasteiger charge is 2.50. The van der Waals surface area contributed by atoms with Crippen LogP contribution in [0.1, 0.15) is 42.1 Å². The third-order valence-electron chi connectivity index (χ3n) is 6.16.